The summed E-state index contributed by atoms with van der Waals surface area (Å²) in [7, 11) is 5.83. The molecule has 3 rings (SSSR count). The third-order valence-corrected chi connectivity index (χ3v) is 4.92. The summed E-state index contributed by atoms with van der Waals surface area (Å²) in [5.41, 5.74) is 3.96. The van der Waals surface area contributed by atoms with E-state index in [1.807, 2.05) is 25.1 Å². The van der Waals surface area contributed by atoms with E-state index in [2.05, 4.69) is 76.5 Å². The molecule has 0 bridgehead atoms. The number of hydrogen-bond acceptors (Lipinski definition) is 6. The van der Waals surface area contributed by atoms with E-state index in [0.717, 1.165) is 28.6 Å². The lowest BCUT2D eigenvalue weighted by molar-refractivity contribution is 0.311. The van der Waals surface area contributed by atoms with Gasteiger partial charge in [-0.25, -0.2) is 9.97 Å². The van der Waals surface area contributed by atoms with Gasteiger partial charge in [-0.15, -0.1) is 0 Å². The molecule has 2 N–H and O–H groups in total. The standard InChI is InChI=1S/C22H30N6O/c1-14(2)18-11-20(27-26-18)19-12-22(25-15(3)24-19)23-13-21(28(4)5)16-7-9-17(29-6)10-8-16/h7-12,14,21H,13H2,1-6H3,(H,26,27)(H,23,24,25). The molecule has 0 spiro atoms. The fourth-order valence-electron chi connectivity index (χ4n) is 3.18. The van der Waals surface area contributed by atoms with Crippen molar-refractivity contribution in [2.24, 2.45) is 0 Å². The van der Waals surface area contributed by atoms with Crippen LogP contribution in [0.5, 0.6) is 5.75 Å². The third kappa shape index (κ3) is 5.12. The quantitative estimate of drug-likeness (QED) is 0.601. The number of H-pyrrole nitrogens is 1. The first-order chi connectivity index (χ1) is 13.9. The van der Waals surface area contributed by atoms with Crippen molar-refractivity contribution < 1.29 is 4.74 Å². The normalized spacial score (nSPS) is 12.4. The number of aryl methyl sites for hydroxylation is 1. The number of aromatic nitrogens is 4. The Balaban J connectivity index is 1.78. The Morgan fingerprint density at radius 3 is 2.38 bits per heavy atom. The zero-order chi connectivity index (χ0) is 21.0. The van der Waals surface area contributed by atoms with Gasteiger partial charge in [0.05, 0.1) is 18.8 Å². The van der Waals surface area contributed by atoms with Crippen LogP contribution in [0.15, 0.2) is 36.4 Å². The van der Waals surface area contributed by atoms with Gasteiger partial charge in [0.1, 0.15) is 23.1 Å². The number of aromatic amines is 1. The molecular formula is C22H30N6O. The van der Waals surface area contributed by atoms with Crippen LogP contribution in [-0.4, -0.2) is 52.8 Å². The maximum Gasteiger partial charge on any atom is 0.130 e. The number of nitrogens with zero attached hydrogens (tertiary/aromatic N) is 4. The molecule has 0 radical (unpaired) electrons. The summed E-state index contributed by atoms with van der Waals surface area (Å²) in [6, 6.07) is 12.4. The predicted octanol–water partition coefficient (Wildman–Crippen LogP) is 4.02. The molecule has 7 heteroatoms. The van der Waals surface area contributed by atoms with Crippen LogP contribution in [0, 0.1) is 6.92 Å². The summed E-state index contributed by atoms with van der Waals surface area (Å²) >= 11 is 0. The lowest BCUT2D eigenvalue weighted by Crippen LogP contribution is -2.27. The Morgan fingerprint density at radius 2 is 1.79 bits per heavy atom. The lowest BCUT2D eigenvalue weighted by atomic mass is 10.1. The summed E-state index contributed by atoms with van der Waals surface area (Å²) in [5.74, 6) is 2.75. The molecule has 0 saturated heterocycles. The molecule has 0 aliphatic carbocycles. The number of anilines is 1. The Labute approximate surface area is 172 Å². The zero-order valence-electron chi connectivity index (χ0n) is 18.0. The van der Waals surface area contributed by atoms with Crippen molar-refractivity contribution in [3.05, 3.63) is 53.5 Å². The molecule has 0 aliphatic rings. The number of methoxy groups -OCH3 is 1. The molecular weight excluding hydrogens is 364 g/mol. The highest BCUT2D eigenvalue weighted by Gasteiger charge is 2.16. The second-order valence-corrected chi connectivity index (χ2v) is 7.68. The predicted molar refractivity (Wildman–Crippen MR) is 116 cm³/mol. The first kappa shape index (κ1) is 20.8. The van der Waals surface area contributed by atoms with Gasteiger partial charge >= 0.3 is 0 Å². The van der Waals surface area contributed by atoms with Crippen LogP contribution < -0.4 is 10.1 Å². The maximum atomic E-state index is 5.27. The molecule has 2 heterocycles. The van der Waals surface area contributed by atoms with Crippen molar-refractivity contribution in [3.8, 4) is 17.1 Å². The van der Waals surface area contributed by atoms with Gasteiger partial charge in [0.15, 0.2) is 0 Å². The topological polar surface area (TPSA) is 79.0 Å². The first-order valence-corrected chi connectivity index (χ1v) is 9.83. The average molecular weight is 395 g/mol. The van der Waals surface area contributed by atoms with Crippen LogP contribution in [0.1, 0.15) is 42.9 Å². The molecule has 3 aromatic rings. The van der Waals surface area contributed by atoms with Gasteiger partial charge in [-0.05, 0) is 50.7 Å². The lowest BCUT2D eigenvalue weighted by Gasteiger charge is -2.25. The van der Waals surface area contributed by atoms with Gasteiger partial charge in [-0.2, -0.15) is 5.10 Å². The highest BCUT2D eigenvalue weighted by molar-refractivity contribution is 5.59. The van der Waals surface area contributed by atoms with Crippen LogP contribution in [0.3, 0.4) is 0 Å². The number of rotatable bonds is 8. The first-order valence-electron chi connectivity index (χ1n) is 9.83. The van der Waals surface area contributed by atoms with Crippen LogP contribution in [0.4, 0.5) is 5.82 Å². The number of benzene rings is 1. The molecule has 2 aromatic heterocycles. The number of ether oxygens (including phenoxy) is 1. The number of nitrogens with one attached hydrogen (secondary N) is 2. The Bertz CT molecular complexity index is 933. The van der Waals surface area contributed by atoms with Gasteiger partial charge in [0.25, 0.3) is 0 Å². The molecule has 1 atom stereocenters. The van der Waals surface area contributed by atoms with Gasteiger partial charge in [-0.1, -0.05) is 26.0 Å². The minimum absolute atomic E-state index is 0.192. The minimum atomic E-state index is 0.192. The van der Waals surface area contributed by atoms with E-state index in [1.54, 1.807) is 7.11 Å². The SMILES string of the molecule is COc1ccc(C(CNc2cc(-c3cc(C(C)C)[nH]n3)nc(C)n2)N(C)C)cc1. The van der Waals surface area contributed by atoms with E-state index < -0.39 is 0 Å². The molecule has 0 fully saturated rings. The van der Waals surface area contributed by atoms with Gasteiger partial charge in [-0.3, -0.25) is 5.10 Å². The van der Waals surface area contributed by atoms with Gasteiger partial charge in [0, 0.05) is 18.3 Å². The zero-order valence-corrected chi connectivity index (χ0v) is 18.0. The Kier molecular flexibility index (Phi) is 6.49. The molecule has 154 valence electrons. The van der Waals surface area contributed by atoms with E-state index in [9.17, 15) is 0 Å². The van der Waals surface area contributed by atoms with Gasteiger partial charge in [0.2, 0.25) is 0 Å². The van der Waals surface area contributed by atoms with E-state index >= 15 is 0 Å². The summed E-state index contributed by atoms with van der Waals surface area (Å²) in [6.45, 7) is 6.89. The third-order valence-electron chi connectivity index (χ3n) is 4.92. The maximum absolute atomic E-state index is 5.27. The highest BCUT2D eigenvalue weighted by Crippen LogP contribution is 2.24. The molecule has 0 amide bonds. The van der Waals surface area contributed by atoms with E-state index in [-0.39, 0.29) is 6.04 Å². The second kappa shape index (κ2) is 9.05. The molecule has 1 unspecified atom stereocenters. The fraction of sp³-hybridized carbons (Fsp3) is 0.409. The monoisotopic (exact) mass is 394 g/mol. The molecule has 0 saturated carbocycles. The average Bonchev–Trinajstić information content (AvgIpc) is 3.19. The van der Waals surface area contributed by atoms with Crippen molar-refractivity contribution in [3.63, 3.8) is 0 Å². The summed E-state index contributed by atoms with van der Waals surface area (Å²) in [4.78, 5) is 11.3. The van der Waals surface area contributed by atoms with Crippen molar-refractivity contribution in [1.82, 2.24) is 25.1 Å². The number of hydrogen-bond donors (Lipinski definition) is 2. The van der Waals surface area contributed by atoms with Crippen molar-refractivity contribution >= 4 is 5.82 Å². The molecule has 7 nitrogen and oxygen atoms in total. The van der Waals surface area contributed by atoms with E-state index in [1.165, 1.54) is 5.56 Å². The van der Waals surface area contributed by atoms with E-state index in [4.69, 9.17) is 4.74 Å². The van der Waals surface area contributed by atoms with Crippen LogP contribution in [0.25, 0.3) is 11.4 Å². The minimum Gasteiger partial charge on any atom is -0.497 e. The summed E-state index contributed by atoms with van der Waals surface area (Å²) in [6.07, 6.45) is 0. The molecule has 1 aromatic carbocycles. The largest absolute Gasteiger partial charge is 0.497 e. The Morgan fingerprint density at radius 1 is 1.07 bits per heavy atom. The number of likely N-dealkylation sites (N-methyl/N-ethyl adjacent to an activating group) is 1. The van der Waals surface area contributed by atoms with Crippen LogP contribution in [-0.2, 0) is 0 Å². The highest BCUT2D eigenvalue weighted by atomic mass is 16.5. The molecule has 29 heavy (non-hydrogen) atoms. The Hall–Kier alpha value is -2.93. The smallest absolute Gasteiger partial charge is 0.130 e. The van der Waals surface area contributed by atoms with Crippen molar-refractivity contribution in [2.75, 3.05) is 33.1 Å². The van der Waals surface area contributed by atoms with Crippen molar-refractivity contribution in [2.45, 2.75) is 32.7 Å². The van der Waals surface area contributed by atoms with Crippen molar-refractivity contribution in [1.29, 1.82) is 0 Å². The van der Waals surface area contributed by atoms with E-state index in [0.29, 0.717) is 18.3 Å². The second-order valence-electron chi connectivity index (χ2n) is 7.68. The summed E-state index contributed by atoms with van der Waals surface area (Å²) < 4.78 is 5.27. The van der Waals surface area contributed by atoms with Gasteiger partial charge < -0.3 is 15.0 Å². The summed E-state index contributed by atoms with van der Waals surface area (Å²) in [5, 5.41) is 11.0. The van der Waals surface area contributed by atoms with Crippen LogP contribution >= 0.6 is 0 Å². The fourth-order valence-corrected chi connectivity index (χ4v) is 3.18. The van der Waals surface area contributed by atoms with Crippen LogP contribution in [0.2, 0.25) is 0 Å². The molecule has 0 aliphatic heterocycles.